The second kappa shape index (κ2) is 4.74. The van der Waals surface area contributed by atoms with Gasteiger partial charge in [-0.15, -0.1) is 0 Å². The Morgan fingerprint density at radius 2 is 2.44 bits per heavy atom. The molecule has 2 heterocycles. The van der Waals surface area contributed by atoms with Gasteiger partial charge in [-0.2, -0.15) is 0 Å². The first-order valence-electron chi connectivity index (χ1n) is 6.32. The van der Waals surface area contributed by atoms with Crippen molar-refractivity contribution in [1.82, 2.24) is 9.88 Å². The van der Waals surface area contributed by atoms with Gasteiger partial charge in [0, 0.05) is 18.3 Å². The Kier molecular flexibility index (Phi) is 3.09. The van der Waals surface area contributed by atoms with Crippen LogP contribution in [0.4, 0.5) is 10.8 Å². The molecule has 3 rings (SSSR count). The molecule has 1 aliphatic heterocycles. The number of nitrogens with two attached hydrogens (primary N) is 1. The van der Waals surface area contributed by atoms with E-state index in [2.05, 4.69) is 22.2 Å². The molecule has 0 aliphatic carbocycles. The Hall–Kier alpha value is -1.33. The number of likely N-dealkylation sites (tertiary alicyclic amines) is 1. The SMILES string of the molecule is CN1CCCC1CNc1nc2ccc(N)cc2s1. The Morgan fingerprint density at radius 1 is 1.56 bits per heavy atom. The summed E-state index contributed by atoms with van der Waals surface area (Å²) >= 11 is 1.68. The minimum Gasteiger partial charge on any atom is -0.399 e. The number of benzene rings is 1. The number of rotatable bonds is 3. The Bertz CT molecular complexity index is 551. The van der Waals surface area contributed by atoms with Gasteiger partial charge in [-0.05, 0) is 44.6 Å². The van der Waals surface area contributed by atoms with E-state index in [4.69, 9.17) is 5.73 Å². The lowest BCUT2D eigenvalue weighted by Crippen LogP contribution is -2.31. The fourth-order valence-electron chi connectivity index (χ4n) is 2.46. The van der Waals surface area contributed by atoms with Crippen LogP contribution in [0.25, 0.3) is 10.2 Å². The molecule has 1 aromatic heterocycles. The average Bonchev–Trinajstić information content (AvgIpc) is 2.92. The van der Waals surface area contributed by atoms with E-state index in [-0.39, 0.29) is 0 Å². The van der Waals surface area contributed by atoms with Crippen molar-refractivity contribution in [2.75, 3.05) is 31.2 Å². The van der Waals surface area contributed by atoms with Gasteiger partial charge in [-0.25, -0.2) is 4.98 Å². The van der Waals surface area contributed by atoms with Gasteiger partial charge in [0.2, 0.25) is 0 Å². The maximum absolute atomic E-state index is 5.78. The zero-order valence-electron chi connectivity index (χ0n) is 10.5. The highest BCUT2D eigenvalue weighted by atomic mass is 32.1. The molecule has 1 unspecified atom stereocenters. The van der Waals surface area contributed by atoms with Crippen LogP contribution >= 0.6 is 11.3 Å². The van der Waals surface area contributed by atoms with Crippen LogP contribution in [0.1, 0.15) is 12.8 Å². The summed E-state index contributed by atoms with van der Waals surface area (Å²) in [7, 11) is 2.19. The molecule has 2 aromatic rings. The van der Waals surface area contributed by atoms with E-state index in [1.807, 2.05) is 18.2 Å². The summed E-state index contributed by atoms with van der Waals surface area (Å²) in [6, 6.07) is 6.51. The number of thiazole rings is 1. The minimum absolute atomic E-state index is 0.641. The monoisotopic (exact) mass is 262 g/mol. The standard InChI is InChI=1S/C13H18N4S/c1-17-6-2-3-10(17)8-15-13-16-11-5-4-9(14)7-12(11)18-13/h4-5,7,10H,2-3,6,8,14H2,1H3,(H,15,16). The highest BCUT2D eigenvalue weighted by molar-refractivity contribution is 7.22. The van der Waals surface area contributed by atoms with Crippen molar-refractivity contribution in [1.29, 1.82) is 0 Å². The minimum atomic E-state index is 0.641. The van der Waals surface area contributed by atoms with Gasteiger partial charge >= 0.3 is 0 Å². The lowest BCUT2D eigenvalue weighted by atomic mass is 10.2. The van der Waals surface area contributed by atoms with Crippen molar-refractivity contribution in [3.05, 3.63) is 18.2 Å². The summed E-state index contributed by atoms with van der Waals surface area (Å²) in [6.45, 7) is 2.19. The lowest BCUT2D eigenvalue weighted by Gasteiger charge is -2.19. The summed E-state index contributed by atoms with van der Waals surface area (Å²) in [4.78, 5) is 6.99. The molecule has 18 heavy (non-hydrogen) atoms. The third kappa shape index (κ3) is 2.28. The average molecular weight is 262 g/mol. The molecule has 0 saturated carbocycles. The maximum atomic E-state index is 5.78. The van der Waals surface area contributed by atoms with E-state index >= 15 is 0 Å². The van der Waals surface area contributed by atoms with Crippen molar-refractivity contribution in [3.8, 4) is 0 Å². The van der Waals surface area contributed by atoms with Gasteiger partial charge in [0.25, 0.3) is 0 Å². The first kappa shape index (κ1) is 11.7. The van der Waals surface area contributed by atoms with Crippen molar-refractivity contribution in [2.45, 2.75) is 18.9 Å². The summed E-state index contributed by atoms with van der Waals surface area (Å²) in [6.07, 6.45) is 2.58. The third-order valence-corrected chi connectivity index (χ3v) is 4.55. The molecular weight excluding hydrogens is 244 g/mol. The normalized spacial score (nSPS) is 20.6. The van der Waals surface area contributed by atoms with Crippen molar-refractivity contribution in [2.24, 2.45) is 0 Å². The van der Waals surface area contributed by atoms with Gasteiger partial charge < -0.3 is 16.0 Å². The van der Waals surface area contributed by atoms with Crippen LogP contribution in [0.15, 0.2) is 18.2 Å². The van der Waals surface area contributed by atoms with E-state index in [0.717, 1.165) is 27.6 Å². The largest absolute Gasteiger partial charge is 0.399 e. The van der Waals surface area contributed by atoms with Crippen molar-refractivity contribution >= 4 is 32.4 Å². The van der Waals surface area contributed by atoms with Crippen LogP contribution in [-0.2, 0) is 0 Å². The van der Waals surface area contributed by atoms with E-state index in [0.29, 0.717) is 6.04 Å². The summed E-state index contributed by atoms with van der Waals surface area (Å²) in [5, 5.41) is 4.45. The molecule has 0 radical (unpaired) electrons. The highest BCUT2D eigenvalue weighted by Crippen LogP contribution is 2.27. The molecule has 4 nitrogen and oxygen atoms in total. The van der Waals surface area contributed by atoms with Crippen LogP contribution < -0.4 is 11.1 Å². The van der Waals surface area contributed by atoms with Crippen LogP contribution in [0.2, 0.25) is 0 Å². The van der Waals surface area contributed by atoms with Crippen molar-refractivity contribution < 1.29 is 0 Å². The molecular formula is C13H18N4S. The fourth-order valence-corrected chi connectivity index (χ4v) is 3.38. The first-order chi connectivity index (χ1) is 8.72. The predicted molar refractivity (Wildman–Crippen MR) is 78.2 cm³/mol. The smallest absolute Gasteiger partial charge is 0.183 e. The number of nitrogens with zero attached hydrogens (tertiary/aromatic N) is 2. The molecule has 0 amide bonds. The number of fused-ring (bicyclic) bond motifs is 1. The molecule has 1 fully saturated rings. The van der Waals surface area contributed by atoms with Gasteiger partial charge in [0.05, 0.1) is 10.2 Å². The molecule has 1 aliphatic rings. The lowest BCUT2D eigenvalue weighted by molar-refractivity contribution is 0.322. The topological polar surface area (TPSA) is 54.2 Å². The van der Waals surface area contributed by atoms with Crippen LogP contribution in [0.5, 0.6) is 0 Å². The number of nitrogen functional groups attached to an aromatic ring is 1. The van der Waals surface area contributed by atoms with E-state index in [9.17, 15) is 0 Å². The summed E-state index contributed by atoms with van der Waals surface area (Å²) < 4.78 is 1.15. The second-order valence-electron chi connectivity index (χ2n) is 4.90. The second-order valence-corrected chi connectivity index (χ2v) is 5.93. The summed E-state index contributed by atoms with van der Waals surface area (Å²) in [5.74, 6) is 0. The van der Waals surface area contributed by atoms with Gasteiger partial charge in [-0.3, -0.25) is 0 Å². The maximum Gasteiger partial charge on any atom is 0.183 e. The Balaban J connectivity index is 1.71. The van der Waals surface area contributed by atoms with E-state index < -0.39 is 0 Å². The molecule has 3 N–H and O–H groups in total. The van der Waals surface area contributed by atoms with Crippen LogP contribution in [0, 0.1) is 0 Å². The zero-order chi connectivity index (χ0) is 12.5. The third-order valence-electron chi connectivity index (χ3n) is 3.57. The van der Waals surface area contributed by atoms with Crippen LogP contribution in [-0.4, -0.2) is 36.1 Å². The molecule has 5 heteroatoms. The predicted octanol–water partition coefficient (Wildman–Crippen LogP) is 2.38. The summed E-state index contributed by atoms with van der Waals surface area (Å²) in [5.41, 5.74) is 7.60. The number of nitrogens with one attached hydrogen (secondary N) is 1. The fraction of sp³-hybridized carbons (Fsp3) is 0.462. The Morgan fingerprint density at radius 3 is 3.22 bits per heavy atom. The van der Waals surface area contributed by atoms with Gasteiger partial charge in [0.1, 0.15) is 0 Å². The first-order valence-corrected chi connectivity index (χ1v) is 7.14. The molecule has 1 saturated heterocycles. The number of likely N-dealkylation sites (N-methyl/N-ethyl adjacent to an activating group) is 1. The van der Waals surface area contributed by atoms with Gasteiger partial charge in [0.15, 0.2) is 5.13 Å². The molecule has 0 spiro atoms. The molecule has 0 bridgehead atoms. The van der Waals surface area contributed by atoms with Crippen molar-refractivity contribution in [3.63, 3.8) is 0 Å². The molecule has 1 aromatic carbocycles. The molecule has 96 valence electrons. The van der Waals surface area contributed by atoms with E-state index in [1.165, 1.54) is 19.4 Å². The highest BCUT2D eigenvalue weighted by Gasteiger charge is 2.20. The van der Waals surface area contributed by atoms with Crippen LogP contribution in [0.3, 0.4) is 0 Å². The van der Waals surface area contributed by atoms with E-state index in [1.54, 1.807) is 11.3 Å². The van der Waals surface area contributed by atoms with Gasteiger partial charge in [-0.1, -0.05) is 11.3 Å². The quantitative estimate of drug-likeness (QED) is 0.834. The number of hydrogen-bond donors (Lipinski definition) is 2. The zero-order valence-corrected chi connectivity index (χ0v) is 11.3. The Labute approximate surface area is 111 Å². The number of hydrogen-bond acceptors (Lipinski definition) is 5. The number of aromatic nitrogens is 1. The molecule has 1 atom stereocenters. The number of anilines is 2.